The number of urea groups is 1. The highest BCUT2D eigenvalue weighted by Crippen LogP contribution is 2.17. The van der Waals surface area contributed by atoms with Crippen molar-refractivity contribution < 1.29 is 19.8 Å². The van der Waals surface area contributed by atoms with Crippen molar-refractivity contribution in [3.8, 4) is 0 Å². The Balaban J connectivity index is 2.32. The lowest BCUT2D eigenvalue weighted by atomic mass is 10.2. The van der Waals surface area contributed by atoms with Gasteiger partial charge in [0.1, 0.15) is 0 Å². The predicted octanol–water partition coefficient (Wildman–Crippen LogP) is 1.37. The highest BCUT2D eigenvalue weighted by atomic mass is 32.2. The fourth-order valence-electron chi connectivity index (χ4n) is 1.30. The molecule has 1 unspecified atom stereocenters. The summed E-state index contributed by atoms with van der Waals surface area (Å²) in [5.41, 5.74) is 0.647. The van der Waals surface area contributed by atoms with E-state index < -0.39 is 18.1 Å². The van der Waals surface area contributed by atoms with E-state index in [1.807, 2.05) is 18.4 Å². The summed E-state index contributed by atoms with van der Waals surface area (Å²) < 4.78 is 0. The van der Waals surface area contributed by atoms with E-state index in [2.05, 4.69) is 10.6 Å². The van der Waals surface area contributed by atoms with Crippen molar-refractivity contribution in [3.05, 3.63) is 24.3 Å². The Hall–Kier alpha value is -1.73. The Morgan fingerprint density at radius 1 is 1.32 bits per heavy atom. The number of thioether (sulfide) groups is 1. The molecule has 0 spiro atoms. The molecule has 0 radical (unpaired) electrons. The zero-order valence-electron chi connectivity index (χ0n) is 10.4. The Morgan fingerprint density at radius 3 is 2.47 bits per heavy atom. The molecule has 1 aromatic carbocycles. The first kappa shape index (κ1) is 15.3. The van der Waals surface area contributed by atoms with Crippen LogP contribution < -0.4 is 10.6 Å². The monoisotopic (exact) mass is 284 g/mol. The normalized spacial score (nSPS) is 11.7. The van der Waals surface area contributed by atoms with Crippen molar-refractivity contribution >= 4 is 29.4 Å². The van der Waals surface area contributed by atoms with Gasteiger partial charge in [0.2, 0.25) is 0 Å². The zero-order chi connectivity index (χ0) is 14.3. The lowest BCUT2D eigenvalue weighted by Gasteiger charge is -2.09. The summed E-state index contributed by atoms with van der Waals surface area (Å²) in [6, 6.07) is 6.88. The minimum atomic E-state index is -1.46. The summed E-state index contributed by atoms with van der Waals surface area (Å²) in [5, 5.41) is 22.5. The average Bonchev–Trinajstić information content (AvgIpc) is 2.39. The number of anilines is 1. The highest BCUT2D eigenvalue weighted by molar-refractivity contribution is 7.98. The van der Waals surface area contributed by atoms with Gasteiger partial charge in [-0.05, 0) is 30.5 Å². The van der Waals surface area contributed by atoms with E-state index in [1.165, 1.54) is 0 Å². The second-order valence-corrected chi connectivity index (χ2v) is 4.63. The molecule has 0 aliphatic carbocycles. The molecule has 0 aliphatic rings. The number of aliphatic hydroxyl groups is 1. The molecule has 0 fully saturated rings. The molecule has 0 saturated carbocycles. The number of aliphatic carboxylic acids is 1. The van der Waals surface area contributed by atoms with Crippen molar-refractivity contribution in [3.63, 3.8) is 0 Å². The molecule has 0 heterocycles. The fourth-order valence-corrected chi connectivity index (χ4v) is 1.70. The summed E-state index contributed by atoms with van der Waals surface area (Å²) in [7, 11) is 0. The summed E-state index contributed by atoms with van der Waals surface area (Å²) in [5.74, 6) is -1.30. The second-order valence-electron chi connectivity index (χ2n) is 3.75. The van der Waals surface area contributed by atoms with Gasteiger partial charge in [0.25, 0.3) is 0 Å². The van der Waals surface area contributed by atoms with E-state index in [0.29, 0.717) is 5.69 Å². The van der Waals surface area contributed by atoms with Gasteiger partial charge in [0.05, 0.1) is 0 Å². The SMILES string of the molecule is CSc1ccc(NC(=O)NCCC(O)C(=O)O)cc1. The van der Waals surface area contributed by atoms with Crippen LogP contribution in [0.25, 0.3) is 0 Å². The van der Waals surface area contributed by atoms with E-state index in [9.17, 15) is 9.59 Å². The summed E-state index contributed by atoms with van der Waals surface area (Å²) in [4.78, 5) is 22.9. The van der Waals surface area contributed by atoms with Crippen LogP contribution in [0.4, 0.5) is 10.5 Å². The van der Waals surface area contributed by atoms with Crippen LogP contribution in [0.5, 0.6) is 0 Å². The van der Waals surface area contributed by atoms with Gasteiger partial charge in [-0.1, -0.05) is 0 Å². The molecular weight excluding hydrogens is 268 g/mol. The van der Waals surface area contributed by atoms with E-state index >= 15 is 0 Å². The molecule has 104 valence electrons. The third-order valence-electron chi connectivity index (χ3n) is 2.34. The van der Waals surface area contributed by atoms with Crippen LogP contribution in [-0.4, -0.2) is 41.1 Å². The van der Waals surface area contributed by atoms with Crippen LogP contribution in [0.15, 0.2) is 29.2 Å². The Morgan fingerprint density at radius 2 is 1.95 bits per heavy atom. The van der Waals surface area contributed by atoms with Crippen LogP contribution in [0, 0.1) is 0 Å². The largest absolute Gasteiger partial charge is 0.479 e. The number of rotatable bonds is 6. The quantitative estimate of drug-likeness (QED) is 0.591. The minimum absolute atomic E-state index is 0.0336. The number of nitrogens with one attached hydrogen (secondary N) is 2. The third kappa shape index (κ3) is 5.62. The molecule has 0 saturated heterocycles. The number of carbonyl (C=O) groups excluding carboxylic acids is 1. The van der Waals surface area contributed by atoms with Gasteiger partial charge < -0.3 is 20.8 Å². The number of carboxylic acid groups (broad SMARTS) is 1. The van der Waals surface area contributed by atoms with Crippen LogP contribution in [-0.2, 0) is 4.79 Å². The maximum Gasteiger partial charge on any atom is 0.332 e. The number of benzene rings is 1. The fraction of sp³-hybridized carbons (Fsp3) is 0.333. The third-order valence-corrected chi connectivity index (χ3v) is 3.08. The van der Waals surface area contributed by atoms with Crippen LogP contribution in [0.1, 0.15) is 6.42 Å². The van der Waals surface area contributed by atoms with Gasteiger partial charge in [-0.3, -0.25) is 0 Å². The summed E-state index contributed by atoms with van der Waals surface area (Å²) >= 11 is 1.60. The molecule has 0 bridgehead atoms. The van der Waals surface area contributed by atoms with E-state index in [0.717, 1.165) is 4.90 Å². The predicted molar refractivity (Wildman–Crippen MR) is 73.5 cm³/mol. The standard InChI is InChI=1S/C12H16N2O4S/c1-19-9-4-2-8(3-5-9)14-12(18)13-7-6-10(15)11(16)17/h2-5,10,15H,6-7H2,1H3,(H,16,17)(H2,13,14,18). The molecule has 2 amide bonds. The van der Waals surface area contributed by atoms with E-state index in [4.69, 9.17) is 10.2 Å². The van der Waals surface area contributed by atoms with Gasteiger partial charge in [0.15, 0.2) is 6.10 Å². The lowest BCUT2D eigenvalue weighted by Crippen LogP contribution is -2.33. The Labute approximate surface area is 115 Å². The molecule has 6 nitrogen and oxygen atoms in total. The molecule has 19 heavy (non-hydrogen) atoms. The van der Waals surface area contributed by atoms with E-state index in [1.54, 1.807) is 23.9 Å². The van der Waals surface area contributed by atoms with Gasteiger partial charge in [0, 0.05) is 23.5 Å². The van der Waals surface area contributed by atoms with Crippen molar-refractivity contribution in [1.82, 2.24) is 5.32 Å². The number of carbonyl (C=O) groups is 2. The van der Waals surface area contributed by atoms with Gasteiger partial charge in [-0.25, -0.2) is 9.59 Å². The molecule has 1 aromatic rings. The number of carboxylic acids is 1. The van der Waals surface area contributed by atoms with Gasteiger partial charge in [-0.2, -0.15) is 0 Å². The lowest BCUT2D eigenvalue weighted by molar-refractivity contribution is -0.146. The second kappa shape index (κ2) is 7.65. The van der Waals surface area contributed by atoms with Gasteiger partial charge >= 0.3 is 12.0 Å². The number of aliphatic hydroxyl groups excluding tert-OH is 1. The topological polar surface area (TPSA) is 98.7 Å². The maximum absolute atomic E-state index is 11.5. The Kier molecular flexibility index (Phi) is 6.17. The first-order chi connectivity index (χ1) is 9.02. The average molecular weight is 284 g/mol. The number of amides is 2. The number of hydrogen-bond acceptors (Lipinski definition) is 4. The highest BCUT2D eigenvalue weighted by Gasteiger charge is 2.12. The maximum atomic E-state index is 11.5. The first-order valence-electron chi connectivity index (χ1n) is 5.62. The molecule has 1 atom stereocenters. The van der Waals surface area contributed by atoms with Crippen molar-refractivity contribution in [2.75, 3.05) is 18.1 Å². The van der Waals surface area contributed by atoms with Crippen LogP contribution in [0.3, 0.4) is 0 Å². The van der Waals surface area contributed by atoms with Crippen molar-refractivity contribution in [1.29, 1.82) is 0 Å². The summed E-state index contributed by atoms with van der Waals surface area (Å²) in [6.45, 7) is 0.0855. The molecular formula is C12H16N2O4S. The molecule has 0 aliphatic heterocycles. The smallest absolute Gasteiger partial charge is 0.332 e. The number of hydrogen-bond donors (Lipinski definition) is 4. The van der Waals surface area contributed by atoms with Crippen molar-refractivity contribution in [2.45, 2.75) is 17.4 Å². The molecule has 7 heteroatoms. The molecule has 0 aromatic heterocycles. The first-order valence-corrected chi connectivity index (χ1v) is 6.85. The Bertz CT molecular complexity index is 436. The zero-order valence-corrected chi connectivity index (χ0v) is 11.2. The van der Waals surface area contributed by atoms with Crippen LogP contribution in [0.2, 0.25) is 0 Å². The molecule has 1 rings (SSSR count). The minimum Gasteiger partial charge on any atom is -0.479 e. The van der Waals surface area contributed by atoms with Crippen LogP contribution >= 0.6 is 11.8 Å². The van der Waals surface area contributed by atoms with Gasteiger partial charge in [-0.15, -0.1) is 11.8 Å². The molecule has 4 N–H and O–H groups in total. The van der Waals surface area contributed by atoms with Crippen molar-refractivity contribution in [2.24, 2.45) is 0 Å². The summed E-state index contributed by atoms with van der Waals surface area (Å²) in [6.07, 6.45) is 0.470. The van der Waals surface area contributed by atoms with E-state index in [-0.39, 0.29) is 13.0 Å².